The van der Waals surface area contributed by atoms with E-state index in [4.69, 9.17) is 16.4 Å². The van der Waals surface area contributed by atoms with Gasteiger partial charge in [0.1, 0.15) is 5.92 Å². The summed E-state index contributed by atoms with van der Waals surface area (Å²) in [6.07, 6.45) is 1.13. The molecular weight excluding hydrogens is 432 g/mol. The van der Waals surface area contributed by atoms with Crippen LogP contribution in [-0.4, -0.2) is 24.2 Å². The minimum absolute atomic E-state index is 0.253. The predicted octanol–water partition coefficient (Wildman–Crippen LogP) is 5.11. The third-order valence-electron chi connectivity index (χ3n) is 5.67. The average molecular weight is 451 g/mol. The summed E-state index contributed by atoms with van der Waals surface area (Å²) in [5, 5.41) is 2.28. The second kappa shape index (κ2) is 8.04. The molecule has 2 amide bonds. The molecule has 2 aliphatic heterocycles. The molecule has 0 radical (unpaired) electrons. The summed E-state index contributed by atoms with van der Waals surface area (Å²) in [6.45, 7) is 0. The lowest BCUT2D eigenvalue weighted by atomic mass is 9.90. The van der Waals surface area contributed by atoms with Crippen molar-refractivity contribution < 1.29 is 14.4 Å². The van der Waals surface area contributed by atoms with Gasteiger partial charge in [-0.1, -0.05) is 41.9 Å². The topological polar surface area (TPSA) is 49.9 Å². The first kappa shape index (κ1) is 20.1. The van der Waals surface area contributed by atoms with Gasteiger partial charge in [0, 0.05) is 9.92 Å². The standard InChI is InChI=1S/C24H19ClN2O3S/c1-31-19-13-7-15(8-14-19)21-20-22(30-27(21)18-11-9-16(25)10-12-18)24(29)26(23(20)28)17-5-3-2-4-6-17/h2-14,20-22H,1H3/t20-,21+,22-/m0/s1. The van der Waals surface area contributed by atoms with Crippen molar-refractivity contribution in [3.8, 4) is 0 Å². The van der Waals surface area contributed by atoms with Gasteiger partial charge in [0.25, 0.3) is 5.91 Å². The largest absolute Gasteiger partial charge is 0.273 e. The molecule has 0 bridgehead atoms. The monoisotopic (exact) mass is 450 g/mol. The van der Waals surface area contributed by atoms with Gasteiger partial charge in [-0.15, -0.1) is 11.8 Å². The Hall–Kier alpha value is -2.80. The van der Waals surface area contributed by atoms with E-state index >= 15 is 0 Å². The first-order chi connectivity index (χ1) is 15.1. The van der Waals surface area contributed by atoms with E-state index in [2.05, 4.69) is 0 Å². The number of benzene rings is 3. The number of amides is 2. The number of fused-ring (bicyclic) bond motifs is 1. The molecule has 156 valence electrons. The molecule has 0 aromatic heterocycles. The van der Waals surface area contributed by atoms with Gasteiger partial charge < -0.3 is 0 Å². The number of hydrogen-bond acceptors (Lipinski definition) is 5. The fourth-order valence-electron chi connectivity index (χ4n) is 4.20. The summed E-state index contributed by atoms with van der Waals surface area (Å²) in [5.41, 5.74) is 2.21. The Morgan fingerprint density at radius 3 is 2.16 bits per heavy atom. The number of carbonyl (C=O) groups excluding carboxylic acids is 2. The van der Waals surface area contributed by atoms with Crippen molar-refractivity contribution in [2.75, 3.05) is 16.2 Å². The van der Waals surface area contributed by atoms with Crippen molar-refractivity contribution in [1.82, 2.24) is 0 Å². The van der Waals surface area contributed by atoms with Gasteiger partial charge in [0.05, 0.1) is 17.4 Å². The van der Waals surface area contributed by atoms with Crippen molar-refractivity contribution in [2.24, 2.45) is 5.92 Å². The molecular formula is C24H19ClN2O3S. The molecule has 0 aliphatic carbocycles. The Morgan fingerprint density at radius 1 is 0.839 bits per heavy atom. The second-order valence-corrected chi connectivity index (χ2v) is 8.74. The van der Waals surface area contributed by atoms with Crippen molar-refractivity contribution in [3.63, 3.8) is 0 Å². The smallest absolute Gasteiger partial charge is 0.266 e. The molecule has 0 N–H and O–H groups in total. The molecule has 2 fully saturated rings. The molecule has 5 nitrogen and oxygen atoms in total. The van der Waals surface area contributed by atoms with Crippen LogP contribution < -0.4 is 9.96 Å². The van der Waals surface area contributed by atoms with Gasteiger partial charge in [-0.25, -0.2) is 9.96 Å². The lowest BCUT2D eigenvalue weighted by molar-refractivity contribution is -0.126. The van der Waals surface area contributed by atoms with Gasteiger partial charge in [0.15, 0.2) is 6.10 Å². The third kappa shape index (κ3) is 3.41. The van der Waals surface area contributed by atoms with Crippen molar-refractivity contribution in [3.05, 3.63) is 89.4 Å². The second-order valence-electron chi connectivity index (χ2n) is 7.42. The fraction of sp³-hybridized carbons (Fsp3) is 0.167. The van der Waals surface area contributed by atoms with Crippen LogP contribution >= 0.6 is 23.4 Å². The van der Waals surface area contributed by atoms with Gasteiger partial charge in [-0.2, -0.15) is 0 Å². The van der Waals surface area contributed by atoms with Gasteiger partial charge >= 0.3 is 0 Å². The van der Waals surface area contributed by atoms with E-state index in [0.717, 1.165) is 16.1 Å². The Morgan fingerprint density at radius 2 is 1.52 bits per heavy atom. The lowest BCUT2D eigenvalue weighted by Gasteiger charge is -2.29. The summed E-state index contributed by atoms with van der Waals surface area (Å²) in [4.78, 5) is 35.3. The quantitative estimate of drug-likeness (QED) is 0.408. The third-order valence-corrected chi connectivity index (χ3v) is 6.66. The van der Waals surface area contributed by atoms with Crippen LogP contribution in [-0.2, 0) is 14.4 Å². The van der Waals surface area contributed by atoms with Crippen molar-refractivity contribution >= 4 is 46.6 Å². The first-order valence-corrected chi connectivity index (χ1v) is 11.5. The molecule has 3 atom stereocenters. The van der Waals surface area contributed by atoms with Crippen LogP contribution in [0, 0.1) is 5.92 Å². The van der Waals surface area contributed by atoms with Crippen LogP contribution in [0.4, 0.5) is 11.4 Å². The van der Waals surface area contributed by atoms with Crippen molar-refractivity contribution in [2.45, 2.75) is 17.0 Å². The van der Waals surface area contributed by atoms with E-state index in [-0.39, 0.29) is 11.8 Å². The minimum atomic E-state index is -0.881. The molecule has 0 spiro atoms. The molecule has 3 aromatic rings. The number of carbonyl (C=O) groups is 2. The highest BCUT2D eigenvalue weighted by molar-refractivity contribution is 7.98. The van der Waals surface area contributed by atoms with Crippen LogP contribution in [0.5, 0.6) is 0 Å². The summed E-state index contributed by atoms with van der Waals surface area (Å²) >= 11 is 7.71. The Balaban J connectivity index is 1.58. The van der Waals surface area contributed by atoms with Gasteiger partial charge in [0.2, 0.25) is 5.91 Å². The average Bonchev–Trinajstić information content (AvgIpc) is 3.31. The Labute approximate surface area is 189 Å². The summed E-state index contributed by atoms with van der Waals surface area (Å²) in [5.74, 6) is -1.25. The summed E-state index contributed by atoms with van der Waals surface area (Å²) in [6, 6.07) is 23.8. The van der Waals surface area contributed by atoms with Crippen molar-refractivity contribution in [1.29, 1.82) is 0 Å². The van der Waals surface area contributed by atoms with E-state index in [9.17, 15) is 9.59 Å². The maximum absolute atomic E-state index is 13.5. The normalized spacial score (nSPS) is 22.8. The van der Waals surface area contributed by atoms with E-state index in [1.54, 1.807) is 41.1 Å². The van der Waals surface area contributed by atoms with Gasteiger partial charge in [-0.3, -0.25) is 14.4 Å². The predicted molar refractivity (Wildman–Crippen MR) is 122 cm³/mol. The van der Waals surface area contributed by atoms with Crippen LogP contribution in [0.2, 0.25) is 5.02 Å². The molecule has 3 aromatic carbocycles. The zero-order valence-electron chi connectivity index (χ0n) is 16.6. The number of nitrogens with zero attached hydrogens (tertiary/aromatic N) is 2. The SMILES string of the molecule is CSc1ccc([C@@H]2[C@@H]3C(=O)N(c4ccccc4)C(=O)[C@H]3ON2c2ccc(Cl)cc2)cc1. The number of rotatable bonds is 4. The molecule has 2 aliphatic rings. The molecule has 7 heteroatoms. The van der Waals surface area contributed by atoms with Crippen LogP contribution in [0.25, 0.3) is 0 Å². The number of halogens is 1. The zero-order valence-corrected chi connectivity index (χ0v) is 18.2. The minimum Gasteiger partial charge on any atom is -0.273 e. The first-order valence-electron chi connectivity index (χ1n) is 9.87. The maximum Gasteiger partial charge on any atom is 0.266 e. The van der Waals surface area contributed by atoms with E-state index in [1.165, 1.54) is 4.90 Å². The van der Waals surface area contributed by atoms with Crippen LogP contribution in [0.1, 0.15) is 11.6 Å². The summed E-state index contributed by atoms with van der Waals surface area (Å²) in [7, 11) is 0. The summed E-state index contributed by atoms with van der Waals surface area (Å²) < 4.78 is 0. The number of hydrogen-bond donors (Lipinski definition) is 0. The molecule has 2 saturated heterocycles. The highest BCUT2D eigenvalue weighted by Gasteiger charge is 2.60. The van der Waals surface area contributed by atoms with Crippen LogP contribution in [0.3, 0.4) is 0 Å². The molecule has 5 rings (SSSR count). The van der Waals surface area contributed by atoms with E-state index in [0.29, 0.717) is 10.7 Å². The molecule has 2 heterocycles. The molecule has 31 heavy (non-hydrogen) atoms. The molecule has 0 saturated carbocycles. The lowest BCUT2D eigenvalue weighted by Crippen LogP contribution is -2.37. The Kier molecular flexibility index (Phi) is 5.22. The fourth-order valence-corrected chi connectivity index (χ4v) is 4.73. The number of imide groups is 1. The number of hydroxylamine groups is 1. The molecule has 0 unspecified atom stereocenters. The highest BCUT2D eigenvalue weighted by atomic mass is 35.5. The zero-order chi connectivity index (χ0) is 21.5. The van der Waals surface area contributed by atoms with E-state index < -0.39 is 18.1 Å². The van der Waals surface area contributed by atoms with Gasteiger partial charge in [-0.05, 0) is 60.4 Å². The Bertz CT molecular complexity index is 1120. The number of thioether (sulfide) groups is 1. The number of para-hydroxylation sites is 1. The van der Waals surface area contributed by atoms with E-state index in [1.807, 2.05) is 60.9 Å². The maximum atomic E-state index is 13.5. The van der Waals surface area contributed by atoms with Crippen LogP contribution in [0.15, 0.2) is 83.8 Å². The number of anilines is 2. The highest BCUT2D eigenvalue weighted by Crippen LogP contribution is 2.47.